The molecule has 112 valence electrons. The maximum atomic E-state index is 11.4. The van der Waals surface area contributed by atoms with Crippen molar-refractivity contribution in [3.63, 3.8) is 0 Å². The third-order valence-electron chi connectivity index (χ3n) is 2.81. The molecule has 0 aliphatic heterocycles. The standard InChI is InChI=1S/C15H17NO4S/c1-4-20-14(17)8-11-9-21-15(16-11)10-5-6-12(18-2)13(7-10)19-3/h5-7,9H,4,8H2,1-3H3. The van der Waals surface area contributed by atoms with Crippen molar-refractivity contribution in [2.24, 2.45) is 0 Å². The van der Waals surface area contributed by atoms with Crippen molar-refractivity contribution in [3.05, 3.63) is 29.3 Å². The molecule has 2 aromatic rings. The molecule has 0 spiro atoms. The summed E-state index contributed by atoms with van der Waals surface area (Å²) < 4.78 is 15.4. The van der Waals surface area contributed by atoms with Crippen LogP contribution in [0.15, 0.2) is 23.6 Å². The average Bonchev–Trinajstić information content (AvgIpc) is 2.95. The van der Waals surface area contributed by atoms with Gasteiger partial charge < -0.3 is 14.2 Å². The molecule has 0 amide bonds. The van der Waals surface area contributed by atoms with Gasteiger partial charge in [0.25, 0.3) is 0 Å². The molecule has 0 saturated heterocycles. The van der Waals surface area contributed by atoms with Crippen molar-refractivity contribution in [2.75, 3.05) is 20.8 Å². The molecule has 0 bridgehead atoms. The van der Waals surface area contributed by atoms with Crippen LogP contribution in [0, 0.1) is 0 Å². The lowest BCUT2D eigenvalue weighted by molar-refractivity contribution is -0.142. The third-order valence-corrected chi connectivity index (χ3v) is 3.75. The molecular formula is C15H17NO4S. The zero-order valence-electron chi connectivity index (χ0n) is 12.2. The molecular weight excluding hydrogens is 290 g/mol. The average molecular weight is 307 g/mol. The minimum atomic E-state index is -0.262. The Balaban J connectivity index is 2.19. The smallest absolute Gasteiger partial charge is 0.311 e. The van der Waals surface area contributed by atoms with Crippen LogP contribution < -0.4 is 9.47 Å². The van der Waals surface area contributed by atoms with Crippen LogP contribution in [0.5, 0.6) is 11.5 Å². The molecule has 1 aromatic heterocycles. The molecule has 6 heteroatoms. The summed E-state index contributed by atoms with van der Waals surface area (Å²) >= 11 is 1.48. The van der Waals surface area contributed by atoms with E-state index in [2.05, 4.69) is 4.98 Å². The van der Waals surface area contributed by atoms with Crippen molar-refractivity contribution in [3.8, 4) is 22.1 Å². The number of benzene rings is 1. The van der Waals surface area contributed by atoms with Gasteiger partial charge in [-0.15, -0.1) is 11.3 Å². The summed E-state index contributed by atoms with van der Waals surface area (Å²) in [7, 11) is 3.19. The molecule has 21 heavy (non-hydrogen) atoms. The molecule has 1 aromatic carbocycles. The van der Waals surface area contributed by atoms with Gasteiger partial charge in [-0.1, -0.05) is 0 Å². The lowest BCUT2D eigenvalue weighted by Crippen LogP contribution is -2.07. The van der Waals surface area contributed by atoms with Crippen LogP contribution in [-0.2, 0) is 16.0 Å². The number of carbonyl (C=O) groups is 1. The first-order valence-corrected chi connectivity index (χ1v) is 7.38. The molecule has 0 atom stereocenters. The Labute approximate surface area is 127 Å². The fraction of sp³-hybridized carbons (Fsp3) is 0.333. The molecule has 0 saturated carbocycles. The fourth-order valence-electron chi connectivity index (χ4n) is 1.85. The molecule has 0 radical (unpaired) electrons. The van der Waals surface area contributed by atoms with Crippen LogP contribution in [-0.4, -0.2) is 31.8 Å². The summed E-state index contributed by atoms with van der Waals surface area (Å²) in [5.41, 5.74) is 1.64. The quantitative estimate of drug-likeness (QED) is 0.768. The van der Waals surface area contributed by atoms with Crippen LogP contribution in [0.25, 0.3) is 10.6 Å². The SMILES string of the molecule is CCOC(=O)Cc1csc(-c2ccc(OC)c(OC)c2)n1. The highest BCUT2D eigenvalue weighted by molar-refractivity contribution is 7.13. The Morgan fingerprint density at radius 3 is 2.67 bits per heavy atom. The first-order valence-electron chi connectivity index (χ1n) is 6.50. The predicted octanol–water partition coefficient (Wildman–Crippen LogP) is 2.93. The van der Waals surface area contributed by atoms with Crippen LogP contribution in [0.3, 0.4) is 0 Å². The summed E-state index contributed by atoms with van der Waals surface area (Å²) in [6, 6.07) is 5.61. The Kier molecular flexibility index (Phi) is 5.16. The summed E-state index contributed by atoms with van der Waals surface area (Å²) in [5, 5.41) is 2.69. The number of hydrogen-bond donors (Lipinski definition) is 0. The Morgan fingerprint density at radius 1 is 1.24 bits per heavy atom. The second-order valence-electron chi connectivity index (χ2n) is 4.20. The first-order chi connectivity index (χ1) is 10.2. The summed E-state index contributed by atoms with van der Waals surface area (Å²) in [4.78, 5) is 15.9. The van der Waals surface area contributed by atoms with Crippen LogP contribution in [0.4, 0.5) is 0 Å². The van der Waals surface area contributed by atoms with E-state index in [1.165, 1.54) is 11.3 Å². The summed E-state index contributed by atoms with van der Waals surface area (Å²) in [5.74, 6) is 1.06. The van der Waals surface area contributed by atoms with Crippen LogP contribution >= 0.6 is 11.3 Å². The number of carbonyl (C=O) groups excluding carboxylic acids is 1. The fourth-order valence-corrected chi connectivity index (χ4v) is 2.67. The van der Waals surface area contributed by atoms with Gasteiger partial charge in [0.15, 0.2) is 11.5 Å². The first kappa shape index (κ1) is 15.3. The van der Waals surface area contributed by atoms with E-state index in [0.717, 1.165) is 10.6 Å². The van der Waals surface area contributed by atoms with Crippen molar-refractivity contribution < 1.29 is 19.0 Å². The van der Waals surface area contributed by atoms with Gasteiger partial charge in [0, 0.05) is 10.9 Å². The van der Waals surface area contributed by atoms with E-state index in [4.69, 9.17) is 14.2 Å². The van der Waals surface area contributed by atoms with Gasteiger partial charge in [-0.05, 0) is 25.1 Å². The number of rotatable bonds is 6. The van der Waals surface area contributed by atoms with Gasteiger partial charge in [0.2, 0.25) is 0 Å². The van der Waals surface area contributed by atoms with E-state index >= 15 is 0 Å². The minimum absolute atomic E-state index is 0.192. The maximum Gasteiger partial charge on any atom is 0.311 e. The predicted molar refractivity (Wildman–Crippen MR) is 81.0 cm³/mol. The van der Waals surface area contributed by atoms with Gasteiger partial charge in [0.05, 0.1) is 32.9 Å². The van der Waals surface area contributed by atoms with Crippen LogP contribution in [0.1, 0.15) is 12.6 Å². The number of nitrogens with zero attached hydrogens (tertiary/aromatic N) is 1. The van der Waals surface area contributed by atoms with E-state index in [9.17, 15) is 4.79 Å². The number of esters is 1. The molecule has 0 fully saturated rings. The lowest BCUT2D eigenvalue weighted by atomic mass is 10.2. The Bertz CT molecular complexity index is 624. The Morgan fingerprint density at radius 2 is 2.00 bits per heavy atom. The van der Waals surface area contributed by atoms with E-state index < -0.39 is 0 Å². The van der Waals surface area contributed by atoms with Crippen molar-refractivity contribution >= 4 is 17.3 Å². The molecule has 0 N–H and O–H groups in total. The molecule has 0 aliphatic rings. The van der Waals surface area contributed by atoms with Gasteiger partial charge >= 0.3 is 5.97 Å². The van der Waals surface area contributed by atoms with E-state index in [0.29, 0.717) is 23.8 Å². The second kappa shape index (κ2) is 7.08. The molecule has 2 rings (SSSR count). The highest BCUT2D eigenvalue weighted by atomic mass is 32.1. The van der Waals surface area contributed by atoms with Gasteiger partial charge in [-0.3, -0.25) is 4.79 Å². The van der Waals surface area contributed by atoms with E-state index in [1.54, 1.807) is 21.1 Å². The Hall–Kier alpha value is -2.08. The molecule has 1 heterocycles. The number of methoxy groups -OCH3 is 2. The van der Waals surface area contributed by atoms with Gasteiger partial charge in [-0.2, -0.15) is 0 Å². The van der Waals surface area contributed by atoms with Gasteiger partial charge in [-0.25, -0.2) is 4.98 Å². The third kappa shape index (κ3) is 3.72. The molecule has 5 nitrogen and oxygen atoms in total. The molecule has 0 unspecified atom stereocenters. The maximum absolute atomic E-state index is 11.4. The lowest BCUT2D eigenvalue weighted by Gasteiger charge is -2.08. The van der Waals surface area contributed by atoms with E-state index in [-0.39, 0.29) is 12.4 Å². The summed E-state index contributed by atoms with van der Waals surface area (Å²) in [6.07, 6.45) is 0.192. The van der Waals surface area contributed by atoms with Crippen LogP contribution in [0.2, 0.25) is 0 Å². The zero-order chi connectivity index (χ0) is 15.2. The highest BCUT2D eigenvalue weighted by Crippen LogP contribution is 2.33. The highest BCUT2D eigenvalue weighted by Gasteiger charge is 2.12. The van der Waals surface area contributed by atoms with Gasteiger partial charge in [0.1, 0.15) is 5.01 Å². The minimum Gasteiger partial charge on any atom is -0.493 e. The number of thiazole rings is 1. The normalized spacial score (nSPS) is 10.2. The van der Waals surface area contributed by atoms with E-state index in [1.807, 2.05) is 23.6 Å². The monoisotopic (exact) mass is 307 g/mol. The van der Waals surface area contributed by atoms with Crippen molar-refractivity contribution in [2.45, 2.75) is 13.3 Å². The topological polar surface area (TPSA) is 57.7 Å². The number of aromatic nitrogens is 1. The summed E-state index contributed by atoms with van der Waals surface area (Å²) in [6.45, 7) is 2.17. The number of ether oxygens (including phenoxy) is 3. The largest absolute Gasteiger partial charge is 0.493 e. The molecule has 0 aliphatic carbocycles. The zero-order valence-corrected chi connectivity index (χ0v) is 13.0. The second-order valence-corrected chi connectivity index (χ2v) is 5.05. The van der Waals surface area contributed by atoms with Crippen molar-refractivity contribution in [1.29, 1.82) is 0 Å². The van der Waals surface area contributed by atoms with Crippen molar-refractivity contribution in [1.82, 2.24) is 4.98 Å². The number of hydrogen-bond acceptors (Lipinski definition) is 6.